The molecule has 0 N–H and O–H groups in total. The van der Waals surface area contributed by atoms with Crippen LogP contribution in [0.4, 0.5) is 0 Å². The Morgan fingerprint density at radius 1 is 0.647 bits per heavy atom. The van der Waals surface area contributed by atoms with Gasteiger partial charge < -0.3 is 18.9 Å². The minimum atomic E-state index is -0.494. The number of rotatable bonds is 10. The zero-order valence-corrected chi connectivity index (χ0v) is 20.1. The number of carbonyl (C=O) groups excluding carboxylic acids is 4. The summed E-state index contributed by atoms with van der Waals surface area (Å²) in [7, 11) is 0. The van der Waals surface area contributed by atoms with Crippen LogP contribution in [0.5, 0.6) is 23.0 Å². The third-order valence-electron chi connectivity index (χ3n) is 4.78. The van der Waals surface area contributed by atoms with Crippen LogP contribution in [0.15, 0.2) is 36.4 Å². The molecule has 0 heterocycles. The Morgan fingerprint density at radius 3 is 1.53 bits per heavy atom. The molecule has 34 heavy (non-hydrogen) atoms. The lowest BCUT2D eigenvalue weighted by atomic mass is 9.94. The number of hydrogen-bond acceptors (Lipinski definition) is 8. The smallest absolute Gasteiger partial charge is 0.308 e. The highest BCUT2D eigenvalue weighted by Gasteiger charge is 2.14. The van der Waals surface area contributed by atoms with E-state index in [-0.39, 0.29) is 23.0 Å². The predicted molar refractivity (Wildman–Crippen MR) is 124 cm³/mol. The fourth-order valence-electron chi connectivity index (χ4n) is 3.49. The van der Waals surface area contributed by atoms with Crippen LogP contribution in [0, 0.1) is 5.92 Å². The standard InChI is InChI=1S/C26H30O8/c1-16(13-22-10-12-24(32-18(3)28)26(15-22)34-20(5)30)7-6-8-21-9-11-23(31-17(2)27)25(14-21)33-19(4)29/h9-12,14-16H,6-8,13H2,1-5H3. The molecule has 2 rings (SSSR count). The molecule has 2 aromatic carbocycles. The molecule has 0 bridgehead atoms. The van der Waals surface area contributed by atoms with Crippen molar-refractivity contribution in [3.8, 4) is 23.0 Å². The predicted octanol–water partition coefficient (Wildman–Crippen LogP) is 4.59. The molecule has 8 nitrogen and oxygen atoms in total. The molecule has 0 aromatic heterocycles. The fraction of sp³-hybridized carbons (Fsp3) is 0.385. The van der Waals surface area contributed by atoms with Crippen LogP contribution in [0.3, 0.4) is 0 Å². The van der Waals surface area contributed by atoms with Crippen molar-refractivity contribution in [1.29, 1.82) is 0 Å². The monoisotopic (exact) mass is 470 g/mol. The van der Waals surface area contributed by atoms with E-state index in [4.69, 9.17) is 18.9 Å². The van der Waals surface area contributed by atoms with Crippen molar-refractivity contribution in [2.24, 2.45) is 5.92 Å². The van der Waals surface area contributed by atoms with Gasteiger partial charge in [-0.25, -0.2) is 0 Å². The van der Waals surface area contributed by atoms with Gasteiger partial charge >= 0.3 is 23.9 Å². The van der Waals surface area contributed by atoms with Gasteiger partial charge in [0.1, 0.15) is 0 Å². The van der Waals surface area contributed by atoms with E-state index in [0.29, 0.717) is 5.92 Å². The second kappa shape index (κ2) is 12.5. The Labute approximate surface area is 199 Å². The first-order chi connectivity index (χ1) is 16.0. The summed E-state index contributed by atoms with van der Waals surface area (Å²) in [5.41, 5.74) is 1.92. The third-order valence-corrected chi connectivity index (χ3v) is 4.78. The Hall–Kier alpha value is -3.68. The number of ether oxygens (including phenoxy) is 4. The first-order valence-electron chi connectivity index (χ1n) is 11.0. The van der Waals surface area contributed by atoms with Gasteiger partial charge in [0, 0.05) is 27.7 Å². The Balaban J connectivity index is 1.99. The molecule has 0 saturated heterocycles. The Kier molecular flexibility index (Phi) is 9.79. The van der Waals surface area contributed by atoms with Gasteiger partial charge in [-0.3, -0.25) is 19.2 Å². The summed E-state index contributed by atoms with van der Waals surface area (Å²) in [6.45, 7) is 7.27. The average molecular weight is 471 g/mol. The molecule has 0 fully saturated rings. The molecule has 0 aliphatic carbocycles. The first kappa shape index (κ1) is 26.6. The summed E-state index contributed by atoms with van der Waals surface area (Å²) in [6.07, 6.45) is 3.31. The van der Waals surface area contributed by atoms with E-state index in [0.717, 1.165) is 36.8 Å². The number of hydrogen-bond donors (Lipinski definition) is 0. The van der Waals surface area contributed by atoms with Crippen molar-refractivity contribution < 1.29 is 38.1 Å². The van der Waals surface area contributed by atoms with Crippen LogP contribution in [0.2, 0.25) is 0 Å². The van der Waals surface area contributed by atoms with E-state index < -0.39 is 23.9 Å². The third kappa shape index (κ3) is 9.05. The highest BCUT2D eigenvalue weighted by molar-refractivity contribution is 5.74. The van der Waals surface area contributed by atoms with Crippen LogP contribution in [0.1, 0.15) is 58.6 Å². The van der Waals surface area contributed by atoms with Gasteiger partial charge in [-0.15, -0.1) is 0 Å². The highest BCUT2D eigenvalue weighted by atomic mass is 16.6. The number of aryl methyl sites for hydroxylation is 1. The van der Waals surface area contributed by atoms with Gasteiger partial charge in [0.15, 0.2) is 23.0 Å². The van der Waals surface area contributed by atoms with Crippen molar-refractivity contribution in [3.63, 3.8) is 0 Å². The van der Waals surface area contributed by atoms with Crippen molar-refractivity contribution in [3.05, 3.63) is 47.5 Å². The molecule has 0 aliphatic heterocycles. The normalized spacial score (nSPS) is 11.3. The van der Waals surface area contributed by atoms with Crippen molar-refractivity contribution in [2.45, 2.75) is 60.3 Å². The topological polar surface area (TPSA) is 105 Å². The van der Waals surface area contributed by atoms with Crippen LogP contribution < -0.4 is 18.9 Å². The molecule has 182 valence electrons. The molecule has 8 heteroatoms. The van der Waals surface area contributed by atoms with Crippen molar-refractivity contribution in [2.75, 3.05) is 0 Å². The summed E-state index contributed by atoms with van der Waals surface area (Å²) >= 11 is 0. The maximum absolute atomic E-state index is 11.4. The zero-order chi connectivity index (χ0) is 25.3. The number of esters is 4. The molecule has 0 aliphatic rings. The lowest BCUT2D eigenvalue weighted by Gasteiger charge is -2.15. The Bertz CT molecular complexity index is 1060. The van der Waals surface area contributed by atoms with Crippen LogP contribution >= 0.6 is 0 Å². The summed E-state index contributed by atoms with van der Waals surface area (Å²) in [5.74, 6) is -0.783. The molecule has 0 saturated carbocycles. The van der Waals surface area contributed by atoms with Gasteiger partial charge in [0.2, 0.25) is 0 Å². The number of carbonyl (C=O) groups is 4. The molecule has 1 atom stereocenters. The maximum Gasteiger partial charge on any atom is 0.308 e. The van der Waals surface area contributed by atoms with E-state index in [2.05, 4.69) is 6.92 Å². The van der Waals surface area contributed by atoms with Crippen LogP contribution in [-0.2, 0) is 32.0 Å². The molecule has 0 amide bonds. The van der Waals surface area contributed by atoms with Gasteiger partial charge in [-0.1, -0.05) is 25.5 Å². The second-order valence-corrected chi connectivity index (χ2v) is 8.14. The lowest BCUT2D eigenvalue weighted by Crippen LogP contribution is -2.08. The summed E-state index contributed by atoms with van der Waals surface area (Å²) in [5, 5.41) is 0. The maximum atomic E-state index is 11.4. The van der Waals surface area contributed by atoms with Gasteiger partial charge in [0.05, 0.1) is 0 Å². The van der Waals surface area contributed by atoms with E-state index in [1.807, 2.05) is 12.1 Å². The Morgan fingerprint density at radius 2 is 1.06 bits per heavy atom. The second-order valence-electron chi connectivity index (χ2n) is 8.14. The fourth-order valence-corrected chi connectivity index (χ4v) is 3.49. The molecule has 1 unspecified atom stereocenters. The molecular formula is C26H30O8. The minimum Gasteiger partial charge on any atom is -0.423 e. The largest absolute Gasteiger partial charge is 0.423 e. The van der Waals surface area contributed by atoms with Crippen molar-refractivity contribution >= 4 is 23.9 Å². The minimum absolute atomic E-state index is 0.208. The van der Waals surface area contributed by atoms with Crippen LogP contribution in [0.25, 0.3) is 0 Å². The summed E-state index contributed by atoms with van der Waals surface area (Å²) < 4.78 is 20.6. The van der Waals surface area contributed by atoms with E-state index >= 15 is 0 Å². The van der Waals surface area contributed by atoms with Crippen molar-refractivity contribution in [1.82, 2.24) is 0 Å². The first-order valence-corrected chi connectivity index (χ1v) is 11.0. The van der Waals surface area contributed by atoms with E-state index in [1.54, 1.807) is 24.3 Å². The molecule has 0 radical (unpaired) electrons. The number of benzene rings is 2. The zero-order valence-electron chi connectivity index (χ0n) is 20.1. The quantitative estimate of drug-likeness (QED) is 0.367. The molecular weight excluding hydrogens is 440 g/mol. The SMILES string of the molecule is CC(=O)Oc1ccc(CCCC(C)Cc2ccc(OC(C)=O)c(OC(C)=O)c2)cc1OC(C)=O. The van der Waals surface area contributed by atoms with Gasteiger partial charge in [-0.2, -0.15) is 0 Å². The van der Waals surface area contributed by atoms with Crippen LogP contribution in [-0.4, -0.2) is 23.9 Å². The highest BCUT2D eigenvalue weighted by Crippen LogP contribution is 2.31. The summed E-state index contributed by atoms with van der Waals surface area (Å²) in [6, 6.07) is 10.4. The van der Waals surface area contributed by atoms with E-state index in [1.165, 1.54) is 27.7 Å². The average Bonchev–Trinajstić information content (AvgIpc) is 2.70. The summed E-state index contributed by atoms with van der Waals surface area (Å²) in [4.78, 5) is 45.3. The lowest BCUT2D eigenvalue weighted by molar-refractivity contribution is -0.134. The molecule has 2 aromatic rings. The van der Waals surface area contributed by atoms with E-state index in [9.17, 15) is 19.2 Å². The van der Waals surface area contributed by atoms with Gasteiger partial charge in [-0.05, 0) is 60.6 Å². The van der Waals surface area contributed by atoms with Gasteiger partial charge in [0.25, 0.3) is 0 Å². The molecule has 0 spiro atoms.